The van der Waals surface area contributed by atoms with E-state index in [1.54, 1.807) is 0 Å². The van der Waals surface area contributed by atoms with Gasteiger partial charge >= 0.3 is 6.09 Å². The standard InChI is InChI=1S/C13H26N2O2/c1-10-9-15(8-7-11(10)14(5)6)12(16)17-13(2,3)4/h10-11H,7-9H2,1-6H3. The summed E-state index contributed by atoms with van der Waals surface area (Å²) in [4.78, 5) is 16.0. The van der Waals surface area contributed by atoms with Gasteiger partial charge in [-0.3, -0.25) is 0 Å². The lowest BCUT2D eigenvalue weighted by atomic mass is 9.93. The van der Waals surface area contributed by atoms with Crippen LogP contribution in [-0.2, 0) is 4.74 Å². The van der Waals surface area contributed by atoms with Gasteiger partial charge in [-0.2, -0.15) is 0 Å². The predicted octanol–water partition coefficient (Wildman–Crippen LogP) is 2.19. The van der Waals surface area contributed by atoms with E-state index in [1.165, 1.54) is 0 Å². The first-order valence-electron chi connectivity index (χ1n) is 6.35. The van der Waals surface area contributed by atoms with Gasteiger partial charge < -0.3 is 14.5 Å². The fourth-order valence-electron chi connectivity index (χ4n) is 2.39. The summed E-state index contributed by atoms with van der Waals surface area (Å²) < 4.78 is 5.39. The smallest absolute Gasteiger partial charge is 0.410 e. The minimum atomic E-state index is -0.404. The molecule has 1 heterocycles. The third-order valence-corrected chi connectivity index (χ3v) is 3.17. The number of rotatable bonds is 1. The lowest BCUT2D eigenvalue weighted by Gasteiger charge is -2.40. The van der Waals surface area contributed by atoms with Crippen molar-refractivity contribution >= 4 is 6.09 Å². The van der Waals surface area contributed by atoms with Gasteiger partial charge in [-0.25, -0.2) is 4.79 Å². The first-order valence-corrected chi connectivity index (χ1v) is 6.35. The number of hydrogen-bond acceptors (Lipinski definition) is 3. The van der Waals surface area contributed by atoms with Crippen LogP contribution in [0, 0.1) is 5.92 Å². The normalized spacial score (nSPS) is 26.2. The fourth-order valence-corrected chi connectivity index (χ4v) is 2.39. The van der Waals surface area contributed by atoms with Crippen LogP contribution in [0.2, 0.25) is 0 Å². The van der Waals surface area contributed by atoms with E-state index in [2.05, 4.69) is 25.9 Å². The van der Waals surface area contributed by atoms with Crippen molar-refractivity contribution in [2.45, 2.75) is 45.8 Å². The molecule has 1 rings (SSSR count). The maximum absolute atomic E-state index is 11.9. The summed E-state index contributed by atoms with van der Waals surface area (Å²) in [6.07, 6.45) is 0.842. The zero-order valence-corrected chi connectivity index (χ0v) is 12.0. The largest absolute Gasteiger partial charge is 0.444 e. The average molecular weight is 242 g/mol. The van der Waals surface area contributed by atoms with Crippen molar-refractivity contribution in [2.75, 3.05) is 27.2 Å². The number of ether oxygens (including phenoxy) is 1. The number of amides is 1. The second kappa shape index (κ2) is 5.25. The predicted molar refractivity (Wildman–Crippen MR) is 69.1 cm³/mol. The fraction of sp³-hybridized carbons (Fsp3) is 0.923. The van der Waals surface area contributed by atoms with Crippen molar-refractivity contribution in [3.05, 3.63) is 0 Å². The molecule has 1 amide bonds. The Morgan fingerprint density at radius 1 is 1.35 bits per heavy atom. The van der Waals surface area contributed by atoms with Gasteiger partial charge in [0.2, 0.25) is 0 Å². The molecule has 0 aromatic heterocycles. The van der Waals surface area contributed by atoms with Gasteiger partial charge in [0.05, 0.1) is 0 Å². The van der Waals surface area contributed by atoms with Crippen molar-refractivity contribution < 1.29 is 9.53 Å². The van der Waals surface area contributed by atoms with Crippen LogP contribution in [0.3, 0.4) is 0 Å². The monoisotopic (exact) mass is 242 g/mol. The molecule has 0 N–H and O–H groups in total. The van der Waals surface area contributed by atoms with Gasteiger partial charge in [0, 0.05) is 19.1 Å². The first-order chi connectivity index (χ1) is 7.70. The Balaban J connectivity index is 2.52. The van der Waals surface area contributed by atoms with Gasteiger partial charge in [0.1, 0.15) is 5.60 Å². The molecule has 2 atom stereocenters. The number of likely N-dealkylation sites (tertiary alicyclic amines) is 1. The van der Waals surface area contributed by atoms with Crippen LogP contribution in [0.4, 0.5) is 4.79 Å². The molecule has 1 aliphatic heterocycles. The Morgan fingerprint density at radius 3 is 2.35 bits per heavy atom. The van der Waals surface area contributed by atoms with E-state index in [0.29, 0.717) is 12.0 Å². The summed E-state index contributed by atoms with van der Waals surface area (Å²) in [6, 6.07) is 0.564. The topological polar surface area (TPSA) is 32.8 Å². The van der Waals surface area contributed by atoms with Crippen molar-refractivity contribution in [1.82, 2.24) is 9.80 Å². The number of piperidine rings is 1. The quantitative estimate of drug-likeness (QED) is 0.706. The summed E-state index contributed by atoms with van der Waals surface area (Å²) in [7, 11) is 4.20. The van der Waals surface area contributed by atoms with Crippen molar-refractivity contribution in [3.63, 3.8) is 0 Å². The van der Waals surface area contributed by atoms with Crippen LogP contribution in [0.1, 0.15) is 34.1 Å². The molecule has 17 heavy (non-hydrogen) atoms. The minimum Gasteiger partial charge on any atom is -0.444 e. The van der Waals surface area contributed by atoms with E-state index >= 15 is 0 Å². The molecular weight excluding hydrogens is 216 g/mol. The molecule has 0 aliphatic carbocycles. The Morgan fingerprint density at radius 2 is 1.94 bits per heavy atom. The molecule has 2 unspecified atom stereocenters. The zero-order chi connectivity index (χ0) is 13.2. The lowest BCUT2D eigenvalue weighted by molar-refractivity contribution is 0.00846. The highest BCUT2D eigenvalue weighted by Crippen LogP contribution is 2.22. The zero-order valence-electron chi connectivity index (χ0n) is 12.0. The molecular formula is C13H26N2O2. The van der Waals surface area contributed by atoms with Crippen molar-refractivity contribution in [1.29, 1.82) is 0 Å². The Kier molecular flexibility index (Phi) is 4.42. The summed E-state index contributed by atoms with van der Waals surface area (Å²) in [5, 5.41) is 0. The number of carbonyl (C=O) groups excluding carboxylic acids is 1. The molecule has 1 fully saturated rings. The number of hydrogen-bond donors (Lipinski definition) is 0. The third kappa shape index (κ3) is 4.19. The Bertz CT molecular complexity index is 271. The summed E-state index contributed by atoms with van der Waals surface area (Å²) in [6.45, 7) is 9.49. The van der Waals surface area contributed by atoms with Crippen LogP contribution in [0.15, 0.2) is 0 Å². The van der Waals surface area contributed by atoms with Gasteiger partial charge in [-0.05, 0) is 47.2 Å². The van der Waals surface area contributed by atoms with E-state index < -0.39 is 5.60 Å². The summed E-state index contributed by atoms with van der Waals surface area (Å²) >= 11 is 0. The molecule has 4 heteroatoms. The van der Waals surface area contributed by atoms with Crippen molar-refractivity contribution in [2.24, 2.45) is 5.92 Å². The van der Waals surface area contributed by atoms with E-state index in [4.69, 9.17) is 4.74 Å². The molecule has 0 radical (unpaired) electrons. The highest BCUT2D eigenvalue weighted by molar-refractivity contribution is 5.68. The van der Waals surface area contributed by atoms with Crippen molar-refractivity contribution in [3.8, 4) is 0 Å². The van der Waals surface area contributed by atoms with Crippen LogP contribution in [-0.4, -0.2) is 54.7 Å². The molecule has 1 saturated heterocycles. The van der Waals surface area contributed by atoms with Gasteiger partial charge in [-0.15, -0.1) is 0 Å². The highest BCUT2D eigenvalue weighted by atomic mass is 16.6. The molecule has 0 bridgehead atoms. The second-order valence-corrected chi connectivity index (χ2v) is 6.22. The summed E-state index contributed by atoms with van der Waals surface area (Å²) in [5.74, 6) is 0.492. The highest BCUT2D eigenvalue weighted by Gasteiger charge is 2.31. The molecule has 0 spiro atoms. The van der Waals surface area contributed by atoms with E-state index in [-0.39, 0.29) is 6.09 Å². The third-order valence-electron chi connectivity index (χ3n) is 3.17. The molecule has 0 saturated carbocycles. The van der Waals surface area contributed by atoms with Gasteiger partial charge in [0.25, 0.3) is 0 Å². The molecule has 0 aromatic carbocycles. The summed E-state index contributed by atoms with van der Waals surface area (Å²) in [5.41, 5.74) is -0.404. The van der Waals surface area contributed by atoms with E-state index in [0.717, 1.165) is 19.5 Å². The maximum atomic E-state index is 11.9. The SMILES string of the molecule is CC1CN(C(=O)OC(C)(C)C)CCC1N(C)C. The van der Waals surface area contributed by atoms with Crippen LogP contribution in [0.25, 0.3) is 0 Å². The van der Waals surface area contributed by atoms with Crippen LogP contribution in [0.5, 0.6) is 0 Å². The van der Waals surface area contributed by atoms with E-state index in [9.17, 15) is 4.79 Å². The minimum absolute atomic E-state index is 0.179. The average Bonchev–Trinajstić information content (AvgIpc) is 2.14. The number of carbonyl (C=O) groups is 1. The van der Waals surface area contributed by atoms with Gasteiger partial charge in [0.15, 0.2) is 0 Å². The first kappa shape index (κ1) is 14.3. The van der Waals surface area contributed by atoms with Gasteiger partial charge in [-0.1, -0.05) is 6.92 Å². The van der Waals surface area contributed by atoms with Crippen LogP contribution >= 0.6 is 0 Å². The Hall–Kier alpha value is -0.770. The lowest BCUT2D eigenvalue weighted by Crippen LogP contribution is -2.50. The van der Waals surface area contributed by atoms with Crippen LogP contribution < -0.4 is 0 Å². The molecule has 0 aromatic rings. The molecule has 1 aliphatic rings. The number of nitrogens with zero attached hydrogens (tertiary/aromatic N) is 2. The molecule has 100 valence electrons. The Labute approximate surface area is 105 Å². The second-order valence-electron chi connectivity index (χ2n) is 6.22. The maximum Gasteiger partial charge on any atom is 0.410 e. The van der Waals surface area contributed by atoms with E-state index in [1.807, 2.05) is 25.7 Å². The molecule has 4 nitrogen and oxygen atoms in total.